The smallest absolute Gasteiger partial charge is 0.0444 e. The summed E-state index contributed by atoms with van der Waals surface area (Å²) in [6.45, 7) is 12.8. The number of rotatable bonds is 1. The second kappa shape index (κ2) is 6.23. The van der Waals surface area contributed by atoms with Crippen LogP contribution in [-0.2, 0) is 6.54 Å². The van der Waals surface area contributed by atoms with Crippen molar-refractivity contribution >= 4 is 5.69 Å². The van der Waals surface area contributed by atoms with E-state index < -0.39 is 0 Å². The minimum absolute atomic E-state index is 0.471. The molecule has 1 fully saturated rings. The molecule has 1 aliphatic heterocycles. The average molecular weight is 300 g/mol. The van der Waals surface area contributed by atoms with Gasteiger partial charge in [-0.1, -0.05) is 39.0 Å². The maximum atomic E-state index is 3.59. The number of nitrogens with zero attached hydrogens (tertiary/aromatic N) is 1. The maximum Gasteiger partial charge on any atom is 0.0444 e. The molecule has 1 aromatic carbocycles. The Kier molecular flexibility index (Phi) is 4.49. The van der Waals surface area contributed by atoms with E-state index in [0.29, 0.717) is 5.41 Å². The van der Waals surface area contributed by atoms with E-state index in [0.717, 1.165) is 31.6 Å². The van der Waals surface area contributed by atoms with E-state index in [1.165, 1.54) is 42.5 Å². The van der Waals surface area contributed by atoms with Gasteiger partial charge in [0, 0.05) is 31.4 Å². The van der Waals surface area contributed by atoms with Crippen molar-refractivity contribution in [1.29, 1.82) is 0 Å². The number of anilines is 1. The molecule has 22 heavy (non-hydrogen) atoms. The first-order valence-corrected chi connectivity index (χ1v) is 9.02. The van der Waals surface area contributed by atoms with Crippen molar-refractivity contribution in [2.24, 2.45) is 11.3 Å². The second-order valence-electron chi connectivity index (χ2n) is 8.32. The summed E-state index contributed by atoms with van der Waals surface area (Å²) >= 11 is 0. The lowest BCUT2D eigenvalue weighted by Crippen LogP contribution is -2.42. The van der Waals surface area contributed by atoms with Crippen LogP contribution in [0.15, 0.2) is 18.2 Å². The third-order valence-electron chi connectivity index (χ3n) is 5.82. The van der Waals surface area contributed by atoms with E-state index in [2.05, 4.69) is 56.1 Å². The fraction of sp³-hybridized carbons (Fsp3) is 0.700. The lowest BCUT2D eigenvalue weighted by Gasteiger charge is -2.42. The third-order valence-corrected chi connectivity index (χ3v) is 5.82. The summed E-state index contributed by atoms with van der Waals surface area (Å²) in [5.74, 6) is 0.894. The average Bonchev–Trinajstić information content (AvgIpc) is 2.70. The fourth-order valence-electron chi connectivity index (χ4n) is 4.43. The van der Waals surface area contributed by atoms with E-state index in [1.807, 2.05) is 0 Å². The van der Waals surface area contributed by atoms with Gasteiger partial charge in [0.2, 0.25) is 0 Å². The summed E-state index contributed by atoms with van der Waals surface area (Å²) in [5.41, 5.74) is 4.92. The van der Waals surface area contributed by atoms with E-state index in [1.54, 1.807) is 0 Å². The number of para-hydroxylation sites is 1. The quantitative estimate of drug-likeness (QED) is 0.821. The van der Waals surface area contributed by atoms with Crippen LogP contribution in [0.3, 0.4) is 0 Å². The molecule has 0 unspecified atom stereocenters. The van der Waals surface area contributed by atoms with E-state index in [-0.39, 0.29) is 0 Å². The lowest BCUT2D eigenvalue weighted by molar-refractivity contribution is 0.167. The highest BCUT2D eigenvalue weighted by Gasteiger charge is 2.33. The molecule has 2 heteroatoms. The number of benzene rings is 1. The molecule has 3 rings (SSSR count). The first kappa shape index (κ1) is 15.9. The highest BCUT2D eigenvalue weighted by atomic mass is 15.2. The Morgan fingerprint density at radius 1 is 1.09 bits per heavy atom. The molecule has 1 N–H and O–H groups in total. The largest absolute Gasteiger partial charge is 0.367 e. The Morgan fingerprint density at radius 2 is 1.82 bits per heavy atom. The Labute approximate surface area is 136 Å². The van der Waals surface area contributed by atoms with Gasteiger partial charge in [-0.05, 0) is 55.1 Å². The van der Waals surface area contributed by atoms with Gasteiger partial charge >= 0.3 is 0 Å². The molecule has 122 valence electrons. The number of hydrogen-bond acceptors (Lipinski definition) is 2. The SMILES string of the molecule is Cc1cccc2c1N(C1CCC(C(C)(C)C)CC1)CCNC2. The maximum absolute atomic E-state index is 3.59. The minimum atomic E-state index is 0.471. The predicted octanol–water partition coefficient (Wildman–Crippen LogP) is 4.51. The first-order valence-electron chi connectivity index (χ1n) is 9.02. The first-order chi connectivity index (χ1) is 10.5. The summed E-state index contributed by atoms with van der Waals surface area (Å²) in [7, 11) is 0. The van der Waals surface area contributed by atoms with Crippen LogP contribution in [0.4, 0.5) is 5.69 Å². The minimum Gasteiger partial charge on any atom is -0.367 e. The van der Waals surface area contributed by atoms with E-state index >= 15 is 0 Å². The van der Waals surface area contributed by atoms with Crippen LogP contribution in [0.2, 0.25) is 0 Å². The molecule has 1 saturated carbocycles. The molecular weight excluding hydrogens is 268 g/mol. The third kappa shape index (κ3) is 3.17. The van der Waals surface area contributed by atoms with E-state index in [4.69, 9.17) is 0 Å². The second-order valence-corrected chi connectivity index (χ2v) is 8.32. The van der Waals surface area contributed by atoms with Crippen LogP contribution >= 0.6 is 0 Å². The molecule has 1 heterocycles. The van der Waals surface area contributed by atoms with Crippen LogP contribution in [0.25, 0.3) is 0 Å². The molecule has 0 bridgehead atoms. The van der Waals surface area contributed by atoms with Crippen molar-refractivity contribution in [3.8, 4) is 0 Å². The summed E-state index contributed by atoms with van der Waals surface area (Å²) < 4.78 is 0. The van der Waals surface area contributed by atoms with Gasteiger partial charge in [0.15, 0.2) is 0 Å². The van der Waals surface area contributed by atoms with E-state index in [9.17, 15) is 0 Å². The summed E-state index contributed by atoms with van der Waals surface area (Å²) in [6.07, 6.45) is 5.49. The van der Waals surface area contributed by atoms with Crippen LogP contribution in [0.5, 0.6) is 0 Å². The summed E-state index contributed by atoms with van der Waals surface area (Å²) in [5, 5.41) is 3.59. The molecule has 0 saturated heterocycles. The zero-order valence-corrected chi connectivity index (χ0v) is 14.8. The van der Waals surface area contributed by atoms with Gasteiger partial charge in [0.05, 0.1) is 0 Å². The Hall–Kier alpha value is -1.02. The van der Waals surface area contributed by atoms with Gasteiger partial charge in [-0.3, -0.25) is 0 Å². The predicted molar refractivity (Wildman–Crippen MR) is 95.4 cm³/mol. The molecule has 2 aliphatic rings. The Morgan fingerprint density at radius 3 is 2.50 bits per heavy atom. The normalized spacial score (nSPS) is 26.5. The van der Waals surface area contributed by atoms with Gasteiger partial charge in [-0.25, -0.2) is 0 Å². The van der Waals surface area contributed by atoms with Gasteiger partial charge in [0.25, 0.3) is 0 Å². The van der Waals surface area contributed by atoms with Crippen molar-refractivity contribution < 1.29 is 0 Å². The Bertz CT molecular complexity index is 507. The lowest BCUT2D eigenvalue weighted by atomic mass is 9.71. The topological polar surface area (TPSA) is 15.3 Å². The molecular formula is C20H32N2. The van der Waals surface area contributed by atoms with Gasteiger partial charge in [0.1, 0.15) is 0 Å². The van der Waals surface area contributed by atoms with Crippen LogP contribution in [0.1, 0.15) is 57.6 Å². The number of nitrogens with one attached hydrogen (secondary N) is 1. The zero-order chi connectivity index (χ0) is 15.7. The van der Waals surface area contributed by atoms with Crippen molar-refractivity contribution in [3.05, 3.63) is 29.3 Å². The molecule has 0 aromatic heterocycles. The van der Waals surface area contributed by atoms with Crippen molar-refractivity contribution in [1.82, 2.24) is 5.32 Å². The van der Waals surface area contributed by atoms with Gasteiger partial charge in [-0.15, -0.1) is 0 Å². The molecule has 1 aliphatic carbocycles. The zero-order valence-electron chi connectivity index (χ0n) is 14.8. The highest BCUT2D eigenvalue weighted by Crippen LogP contribution is 2.41. The number of aryl methyl sites for hydroxylation is 1. The Balaban J connectivity index is 1.79. The molecule has 0 atom stereocenters. The van der Waals surface area contributed by atoms with Crippen LogP contribution in [-0.4, -0.2) is 19.1 Å². The van der Waals surface area contributed by atoms with Gasteiger partial charge in [-0.2, -0.15) is 0 Å². The fourth-order valence-corrected chi connectivity index (χ4v) is 4.43. The summed E-state index contributed by atoms with van der Waals surface area (Å²) in [6, 6.07) is 7.51. The number of fused-ring (bicyclic) bond motifs is 1. The molecule has 1 aromatic rings. The molecule has 0 radical (unpaired) electrons. The highest BCUT2D eigenvalue weighted by molar-refractivity contribution is 5.60. The molecule has 2 nitrogen and oxygen atoms in total. The van der Waals surface area contributed by atoms with Crippen molar-refractivity contribution in [3.63, 3.8) is 0 Å². The molecule has 0 spiro atoms. The summed E-state index contributed by atoms with van der Waals surface area (Å²) in [4.78, 5) is 2.73. The number of hydrogen-bond donors (Lipinski definition) is 1. The standard InChI is InChI=1S/C20H32N2/c1-15-6-5-7-16-14-21-12-13-22(19(15)16)18-10-8-17(9-11-18)20(2,3)4/h5-7,17-18,21H,8-14H2,1-4H3. The van der Waals surface area contributed by atoms with Crippen LogP contribution < -0.4 is 10.2 Å². The van der Waals surface area contributed by atoms with Gasteiger partial charge < -0.3 is 10.2 Å². The van der Waals surface area contributed by atoms with Crippen LogP contribution in [0, 0.1) is 18.3 Å². The van der Waals surface area contributed by atoms with Crippen molar-refractivity contribution in [2.45, 2.75) is 66.0 Å². The molecule has 0 amide bonds. The monoisotopic (exact) mass is 300 g/mol. The van der Waals surface area contributed by atoms with Crippen molar-refractivity contribution in [2.75, 3.05) is 18.0 Å².